The van der Waals surface area contributed by atoms with E-state index in [1.807, 2.05) is 55.6 Å². The molecule has 0 atom stereocenters. The van der Waals surface area contributed by atoms with Crippen LogP contribution in [0.2, 0.25) is 0 Å². The summed E-state index contributed by atoms with van der Waals surface area (Å²) in [6.45, 7) is 1.97. The number of furan rings is 1. The van der Waals surface area contributed by atoms with E-state index in [4.69, 9.17) is 358 Å². The third-order valence-corrected chi connectivity index (χ3v) is 24.1. The number of benzene rings is 2. The third kappa shape index (κ3) is 27.9. The lowest BCUT2D eigenvalue weighted by Crippen LogP contribution is -3.00. The number of nitrogens with zero attached hydrogens (tertiary/aromatic N) is 2. The van der Waals surface area contributed by atoms with Crippen LogP contribution in [-0.2, 0) is 0 Å². The predicted molar refractivity (Wildman–Crippen MR) is 619 cm³/mol. The topological polar surface area (TPSA) is 38.9 Å². The molecule has 115 heavy (non-hydrogen) atoms. The molecule has 0 amide bonds. The fraction of sp³-hybridized carbons (Fsp3) is 0.0435. The van der Waals surface area contributed by atoms with Crippen molar-refractivity contribution in [1.82, 2.24) is 9.97 Å². The number of fused-ring (bicyclic) bond motifs is 3. The Labute approximate surface area is 779 Å². The monoisotopic (exact) mass is 1380 g/mol. The van der Waals surface area contributed by atoms with Crippen LogP contribution in [0.25, 0.3) is 44.5 Å². The second-order valence-corrected chi connectivity index (χ2v) is 32.2. The van der Waals surface area contributed by atoms with Crippen LogP contribution in [0, 0.1) is 6.92 Å². The van der Waals surface area contributed by atoms with Gasteiger partial charge in [-0.1, -0.05) is 52.3 Å². The molecule has 5 aromatic rings. The van der Waals surface area contributed by atoms with Gasteiger partial charge in [-0.05, 0) is 42.8 Å². The first-order valence-corrected chi connectivity index (χ1v) is 38.5. The maximum atomic E-state index is 7.40. The summed E-state index contributed by atoms with van der Waals surface area (Å²) in [5, 5.41) is 2.09. The van der Waals surface area contributed by atoms with E-state index in [-0.39, 0.29) is 0 Å². The summed E-state index contributed by atoms with van der Waals surface area (Å²) in [6, 6.07) is 22.5. The average molecular weight is 1370 g/mol. The number of para-hydroxylation sites is 1. The highest BCUT2D eigenvalue weighted by Crippen LogP contribution is 2.37. The van der Waals surface area contributed by atoms with Crippen LogP contribution in [0.5, 0.6) is 0 Å². The van der Waals surface area contributed by atoms with Crippen molar-refractivity contribution in [3.05, 3.63) is 83.1 Å². The minimum Gasteiger partial charge on any atom is -0.437 e. The molecular formula is C23H15B88BrN2O. The lowest BCUT2D eigenvalue weighted by Gasteiger charge is -2.62. The fourth-order valence-corrected chi connectivity index (χ4v) is 19.5. The second-order valence-electron chi connectivity index (χ2n) is 31.3. The third-order valence-electron chi connectivity index (χ3n) is 23.4. The largest absolute Gasteiger partial charge is 0.437 e. The Hall–Kier alpha value is 2.73. The second kappa shape index (κ2) is 50.1. The summed E-state index contributed by atoms with van der Waals surface area (Å²) in [5.41, 5.74) is 6.49. The average Bonchev–Trinajstić information content (AvgIpc) is 1.39. The number of rotatable bonds is 44. The van der Waals surface area contributed by atoms with E-state index in [1.54, 1.807) is 0 Å². The van der Waals surface area contributed by atoms with Gasteiger partial charge < -0.3 is 4.42 Å². The van der Waals surface area contributed by atoms with Gasteiger partial charge in [0.15, 0.2) is 0 Å². The zero-order valence-corrected chi connectivity index (χ0v) is 67.0. The van der Waals surface area contributed by atoms with Gasteiger partial charge in [0.2, 0.25) is 5.71 Å². The summed E-state index contributed by atoms with van der Waals surface area (Å²) in [6.07, 6.45) is -74.4. The molecule has 0 spiro atoms. The van der Waals surface area contributed by atoms with Crippen LogP contribution in [0.1, 0.15) is 5.69 Å². The summed E-state index contributed by atoms with van der Waals surface area (Å²) < 4.78 is 7.15. The molecule has 0 fully saturated rings. The molecule has 0 saturated heterocycles. The van der Waals surface area contributed by atoms with Crippen LogP contribution in [0.3, 0.4) is 0 Å². The lowest BCUT2D eigenvalue weighted by molar-refractivity contribution is 0.653. The van der Waals surface area contributed by atoms with Crippen molar-refractivity contribution in [2.75, 3.05) is 0 Å². The number of aromatic nitrogens is 2. The van der Waals surface area contributed by atoms with Gasteiger partial charge in [-0.15, -0.1) is 0 Å². The van der Waals surface area contributed by atoms with E-state index in [9.17, 15) is 0 Å². The summed E-state index contributed by atoms with van der Waals surface area (Å²) in [7, 11) is 314. The smallest absolute Gasteiger partial charge is 0.227 e. The number of pyridine rings is 2. The summed E-state index contributed by atoms with van der Waals surface area (Å²) in [5.74, 6) is 0. The minimum atomic E-state index is -2.10. The molecule has 0 bridgehead atoms. The number of halogens is 1. The quantitative estimate of drug-likeness (QED) is 0.0365. The normalized spacial score (nSPS) is 10.2. The molecule has 0 aliphatic rings. The highest BCUT2D eigenvalue weighted by atomic mass is 79.9. The van der Waals surface area contributed by atoms with Crippen molar-refractivity contribution in [1.29, 1.82) is 0 Å². The maximum absolute atomic E-state index is 7.40. The van der Waals surface area contributed by atoms with Crippen LogP contribution < -0.4 is 0 Å². The highest BCUT2D eigenvalue weighted by Gasteiger charge is 2.67. The van der Waals surface area contributed by atoms with E-state index in [2.05, 4.69) is 45.2 Å². The molecule has 3 nitrogen and oxygen atoms in total. The van der Waals surface area contributed by atoms with Gasteiger partial charge >= 0.3 is 0 Å². The van der Waals surface area contributed by atoms with Gasteiger partial charge in [-0.25, -0.2) is 4.98 Å². The predicted octanol–water partition coefficient (Wildman–Crippen LogP) is -26.7. The van der Waals surface area contributed by atoms with Crippen molar-refractivity contribution in [2.45, 2.75) is 6.92 Å². The van der Waals surface area contributed by atoms with E-state index in [1.165, 1.54) is 0 Å². The van der Waals surface area contributed by atoms with E-state index in [0.717, 1.165) is 48.9 Å². The molecule has 92 heteroatoms. The van der Waals surface area contributed by atoms with Gasteiger partial charge in [-0.3, -0.25) is 4.98 Å². The molecule has 3 heterocycles. The van der Waals surface area contributed by atoms with Gasteiger partial charge in [0.05, 0.1) is 5.69 Å². The zero-order valence-electron chi connectivity index (χ0n) is 65.4. The highest BCUT2D eigenvalue weighted by molar-refractivity contribution is 9.10. The lowest BCUT2D eigenvalue weighted by atomic mass is 8.19. The number of hydrogen-bond acceptors (Lipinski definition) is 3. The molecule has 0 unspecified atom stereocenters. The van der Waals surface area contributed by atoms with Crippen molar-refractivity contribution in [3.63, 3.8) is 0 Å². The summed E-state index contributed by atoms with van der Waals surface area (Å²) in [4.78, 5) is 9.22. The van der Waals surface area contributed by atoms with Crippen LogP contribution in [0.15, 0.2) is 81.8 Å². The molecule has 0 saturated carbocycles. The SMILES string of the molecule is Cc1ccc2c(n1)oc1c(-c3ccc(-c4ccccc4Br)cn3)cccc12.[B]B([B])B([B])B(B([B])[B])B(B(B(B([B])[B])B([B])[B])B(B([B])[B])B([B])[B])B(B(B(B(B([B])[B])B([B])[B])B(B([B])[B])B([B])[B])B(B(B([B])[B])B([B])[B])B(B([B])[B])B([B])[B])B(B(B(B([B])[B])B([B])[B])B(B([B])[B])B([B])[B])B(B(B([B])[B])B([B])[B])B(B([B])[B])B([B])[B]. The zero-order chi connectivity index (χ0) is 88.2. The van der Waals surface area contributed by atoms with Gasteiger partial charge in [0.25, 0.3) is 0 Å². The molecule has 0 aliphatic heterocycles. The van der Waals surface area contributed by atoms with Gasteiger partial charge in [0, 0.05) is 661 Å². The molecule has 0 aliphatic carbocycles. The van der Waals surface area contributed by atoms with Crippen molar-refractivity contribution >= 4 is 661 Å². The molecule has 5 rings (SSSR count). The van der Waals surface area contributed by atoms with E-state index < -0.39 is 275 Å². The van der Waals surface area contributed by atoms with Crippen molar-refractivity contribution in [3.8, 4) is 22.4 Å². The molecule has 90 radical (unpaired) electrons. The van der Waals surface area contributed by atoms with E-state index in [0.29, 0.717) is 5.71 Å². The Morgan fingerprint density at radius 3 is 0.739 bits per heavy atom. The Morgan fingerprint density at radius 2 is 0.496 bits per heavy atom. The first-order valence-electron chi connectivity index (χ1n) is 37.7. The first kappa shape index (κ1) is 110. The van der Waals surface area contributed by atoms with Crippen LogP contribution in [0.4, 0.5) is 0 Å². The molecule has 3 aromatic heterocycles. The fourth-order valence-electron chi connectivity index (χ4n) is 19.0. The Morgan fingerprint density at radius 1 is 0.243 bits per heavy atom. The number of hydrogen-bond donors (Lipinski definition) is 0. The van der Waals surface area contributed by atoms with Crippen LogP contribution in [-0.4, -0.2) is 633 Å². The van der Waals surface area contributed by atoms with Crippen molar-refractivity contribution < 1.29 is 4.42 Å². The van der Waals surface area contributed by atoms with Gasteiger partial charge in [-0.2, -0.15) is 0 Å². The molecule has 394 valence electrons. The van der Waals surface area contributed by atoms with Crippen LogP contribution >= 0.6 is 15.9 Å². The van der Waals surface area contributed by atoms with Gasteiger partial charge in [0.1, 0.15) is 5.58 Å². The Kier molecular flexibility index (Phi) is 47.9. The van der Waals surface area contributed by atoms with Crippen molar-refractivity contribution in [2.24, 2.45) is 0 Å². The molecule has 2 aromatic carbocycles. The minimum absolute atomic E-state index is 0.669. The number of aryl methyl sites for hydroxylation is 1. The summed E-state index contributed by atoms with van der Waals surface area (Å²) >= 11 is 3.60. The Bertz CT molecular complexity index is 3240. The molecule has 0 N–H and O–H groups in total. The first-order chi connectivity index (χ1) is 53.2. The molecular weight excluding hydrogens is 1350 g/mol. The Balaban J connectivity index is 0.000000844. The van der Waals surface area contributed by atoms with E-state index >= 15 is 0 Å². The maximum Gasteiger partial charge on any atom is 0.227 e. The standard InChI is InChI=1S/C23H15BrN2O.B88/c1-14-9-11-18-17-6-4-7-19(22(17)27-23(18)26-14)21-12-10-15(13-25-21)16-5-2-3-8-20(16)24;1-46(2)68(45)79(67(43)44)85(80(69(47(3)4)48(5)6)70(49(7)8)50(9)10)88(86(81(71(51(11)12)52(13)14)72(53(15)16)54(17)18)82(73(55(19)20)56(21)22)74(57(23)24)58(25)26)87(83(75(59(27)28)60(29)30)76(61(31)32)62(33)34)84(77(63(35)36)64(37)38)78(65(39)40)66(41)42/h2-13H,1H3;.